The van der Waals surface area contributed by atoms with Gasteiger partial charge in [0, 0.05) is 5.92 Å². The summed E-state index contributed by atoms with van der Waals surface area (Å²) in [6, 6.07) is 0.306. The average Bonchev–Trinajstić information content (AvgIpc) is 2.67. The summed E-state index contributed by atoms with van der Waals surface area (Å²) in [6.45, 7) is 0. The van der Waals surface area contributed by atoms with Crippen LogP contribution in [0.5, 0.6) is 0 Å². The maximum atomic E-state index is 5.31. The topological polar surface area (TPSA) is 77.0 Å². The van der Waals surface area contributed by atoms with Crippen LogP contribution in [0.3, 0.4) is 0 Å². The highest BCUT2D eigenvalue weighted by molar-refractivity contribution is 5.14. The summed E-state index contributed by atoms with van der Waals surface area (Å²) in [7, 11) is 0. The number of hydrogen-bond donors (Lipinski definition) is 2. The van der Waals surface area contributed by atoms with Crippen LogP contribution in [0.1, 0.15) is 43.9 Å². The van der Waals surface area contributed by atoms with Crippen molar-refractivity contribution < 1.29 is 4.42 Å². The monoisotopic (exact) mass is 182 g/mol. The van der Waals surface area contributed by atoms with Gasteiger partial charge < -0.3 is 4.42 Å². The highest BCUT2D eigenvalue weighted by Crippen LogP contribution is 2.31. The SMILES string of the molecule is NNc1nnc(C2CCCCC2)o1. The summed E-state index contributed by atoms with van der Waals surface area (Å²) in [5.41, 5.74) is 2.35. The van der Waals surface area contributed by atoms with E-state index in [0.717, 1.165) is 18.7 Å². The Bertz CT molecular complexity index is 267. The number of nitrogen functional groups attached to an aromatic ring is 1. The zero-order chi connectivity index (χ0) is 9.10. The molecule has 0 aliphatic heterocycles. The summed E-state index contributed by atoms with van der Waals surface area (Å²) < 4.78 is 5.31. The smallest absolute Gasteiger partial charge is 0.330 e. The third kappa shape index (κ3) is 1.80. The van der Waals surface area contributed by atoms with E-state index in [1.807, 2.05) is 0 Å². The van der Waals surface area contributed by atoms with E-state index < -0.39 is 0 Å². The summed E-state index contributed by atoms with van der Waals surface area (Å²) >= 11 is 0. The molecule has 2 rings (SSSR count). The number of nitrogens with two attached hydrogens (primary N) is 1. The molecular weight excluding hydrogens is 168 g/mol. The number of nitrogens with zero attached hydrogens (tertiary/aromatic N) is 2. The molecule has 1 aliphatic carbocycles. The largest absolute Gasteiger partial charge is 0.407 e. The van der Waals surface area contributed by atoms with Gasteiger partial charge in [0.15, 0.2) is 0 Å². The van der Waals surface area contributed by atoms with Crippen molar-refractivity contribution >= 4 is 6.01 Å². The van der Waals surface area contributed by atoms with Gasteiger partial charge in [-0.2, -0.15) is 0 Å². The molecule has 0 spiro atoms. The Balaban J connectivity index is 2.05. The average molecular weight is 182 g/mol. The summed E-state index contributed by atoms with van der Waals surface area (Å²) in [5.74, 6) is 6.32. The molecule has 1 aromatic heterocycles. The summed E-state index contributed by atoms with van der Waals surface area (Å²) in [4.78, 5) is 0. The maximum Gasteiger partial charge on any atom is 0.330 e. The van der Waals surface area contributed by atoms with Crippen molar-refractivity contribution in [1.82, 2.24) is 10.2 Å². The minimum atomic E-state index is 0.306. The molecule has 1 aliphatic rings. The highest BCUT2D eigenvalue weighted by Gasteiger charge is 2.20. The van der Waals surface area contributed by atoms with E-state index in [-0.39, 0.29) is 0 Å². The van der Waals surface area contributed by atoms with E-state index in [0.29, 0.717) is 11.9 Å². The Hall–Kier alpha value is -1.10. The van der Waals surface area contributed by atoms with Gasteiger partial charge in [-0.1, -0.05) is 24.4 Å². The Labute approximate surface area is 76.7 Å². The van der Waals surface area contributed by atoms with Gasteiger partial charge in [-0.3, -0.25) is 5.43 Å². The standard InChI is InChI=1S/C8H14N4O/c9-10-8-12-11-7(13-8)6-4-2-1-3-5-6/h6H,1-5,9H2,(H,10,12). The number of aromatic nitrogens is 2. The predicted molar refractivity (Wildman–Crippen MR) is 47.9 cm³/mol. The molecule has 0 radical (unpaired) electrons. The second kappa shape index (κ2) is 3.74. The summed E-state index contributed by atoms with van der Waals surface area (Å²) in [5, 5.41) is 7.71. The lowest BCUT2D eigenvalue weighted by atomic mass is 9.89. The fourth-order valence-corrected chi connectivity index (χ4v) is 1.81. The molecule has 0 unspecified atom stereocenters. The zero-order valence-electron chi connectivity index (χ0n) is 7.49. The van der Waals surface area contributed by atoms with Crippen molar-refractivity contribution in [1.29, 1.82) is 0 Å². The highest BCUT2D eigenvalue weighted by atomic mass is 16.4. The number of rotatable bonds is 2. The van der Waals surface area contributed by atoms with Crippen LogP contribution < -0.4 is 11.3 Å². The first kappa shape index (κ1) is 8.50. The van der Waals surface area contributed by atoms with E-state index in [1.54, 1.807) is 0 Å². The van der Waals surface area contributed by atoms with Crippen molar-refractivity contribution in [2.45, 2.75) is 38.0 Å². The van der Waals surface area contributed by atoms with Crippen molar-refractivity contribution in [2.75, 3.05) is 5.43 Å². The molecule has 0 saturated heterocycles. The molecule has 1 heterocycles. The first-order valence-corrected chi connectivity index (χ1v) is 4.70. The first-order chi connectivity index (χ1) is 6.40. The fraction of sp³-hybridized carbons (Fsp3) is 0.750. The van der Waals surface area contributed by atoms with Gasteiger partial charge in [-0.15, -0.1) is 5.10 Å². The maximum absolute atomic E-state index is 5.31. The predicted octanol–water partition coefficient (Wildman–Crippen LogP) is 1.40. The molecule has 1 saturated carbocycles. The van der Waals surface area contributed by atoms with Gasteiger partial charge in [0.2, 0.25) is 5.89 Å². The van der Waals surface area contributed by atoms with Crippen molar-refractivity contribution in [3.05, 3.63) is 5.89 Å². The third-order valence-corrected chi connectivity index (χ3v) is 2.52. The lowest BCUT2D eigenvalue weighted by molar-refractivity contribution is 0.367. The van der Waals surface area contributed by atoms with E-state index in [9.17, 15) is 0 Å². The van der Waals surface area contributed by atoms with Crippen LogP contribution in [0.15, 0.2) is 4.42 Å². The number of anilines is 1. The summed E-state index contributed by atoms with van der Waals surface area (Å²) in [6.07, 6.45) is 6.17. The second-order valence-electron chi connectivity index (χ2n) is 3.42. The van der Waals surface area contributed by atoms with Crippen LogP contribution in [0, 0.1) is 0 Å². The molecule has 0 aromatic carbocycles. The van der Waals surface area contributed by atoms with Gasteiger partial charge >= 0.3 is 6.01 Å². The van der Waals surface area contributed by atoms with Gasteiger partial charge in [-0.25, -0.2) is 5.84 Å². The molecule has 72 valence electrons. The Morgan fingerprint density at radius 2 is 2.00 bits per heavy atom. The molecule has 0 bridgehead atoms. The molecule has 1 aromatic rings. The van der Waals surface area contributed by atoms with E-state index in [2.05, 4.69) is 15.6 Å². The molecule has 13 heavy (non-hydrogen) atoms. The lowest BCUT2D eigenvalue weighted by Gasteiger charge is -2.17. The molecule has 5 heteroatoms. The molecule has 5 nitrogen and oxygen atoms in total. The van der Waals surface area contributed by atoms with Crippen LogP contribution in [-0.4, -0.2) is 10.2 Å². The normalized spacial score (nSPS) is 18.8. The van der Waals surface area contributed by atoms with Crippen molar-refractivity contribution in [3.8, 4) is 0 Å². The van der Waals surface area contributed by atoms with Gasteiger partial charge in [0.05, 0.1) is 0 Å². The second-order valence-corrected chi connectivity index (χ2v) is 3.42. The fourth-order valence-electron chi connectivity index (χ4n) is 1.81. The van der Waals surface area contributed by atoms with Gasteiger partial charge in [0.1, 0.15) is 0 Å². The Morgan fingerprint density at radius 1 is 1.23 bits per heavy atom. The number of hydrogen-bond acceptors (Lipinski definition) is 5. The van der Waals surface area contributed by atoms with E-state index >= 15 is 0 Å². The van der Waals surface area contributed by atoms with Gasteiger partial charge in [-0.05, 0) is 12.8 Å². The molecule has 1 fully saturated rings. The van der Waals surface area contributed by atoms with Gasteiger partial charge in [0.25, 0.3) is 0 Å². The molecule has 3 N–H and O–H groups in total. The van der Waals surface area contributed by atoms with Crippen molar-refractivity contribution in [3.63, 3.8) is 0 Å². The lowest BCUT2D eigenvalue weighted by Crippen LogP contribution is -2.06. The number of nitrogens with one attached hydrogen (secondary N) is 1. The van der Waals surface area contributed by atoms with E-state index in [4.69, 9.17) is 10.3 Å². The molecule has 0 atom stereocenters. The van der Waals surface area contributed by atoms with Crippen molar-refractivity contribution in [2.24, 2.45) is 5.84 Å². The van der Waals surface area contributed by atoms with Crippen LogP contribution >= 0.6 is 0 Å². The Morgan fingerprint density at radius 3 is 2.62 bits per heavy atom. The van der Waals surface area contributed by atoms with Crippen LogP contribution in [-0.2, 0) is 0 Å². The minimum absolute atomic E-state index is 0.306. The quantitative estimate of drug-likeness (QED) is 0.534. The molecular formula is C8H14N4O. The van der Waals surface area contributed by atoms with E-state index in [1.165, 1.54) is 19.3 Å². The minimum Gasteiger partial charge on any atom is -0.407 e. The van der Waals surface area contributed by atoms with Crippen LogP contribution in [0.25, 0.3) is 0 Å². The third-order valence-electron chi connectivity index (χ3n) is 2.52. The van der Waals surface area contributed by atoms with Crippen LogP contribution in [0.2, 0.25) is 0 Å². The first-order valence-electron chi connectivity index (χ1n) is 4.70. The zero-order valence-corrected chi connectivity index (χ0v) is 7.49. The van der Waals surface area contributed by atoms with Crippen LogP contribution in [0.4, 0.5) is 6.01 Å². The molecule has 0 amide bonds. The number of hydrazine groups is 1. The Kier molecular flexibility index (Phi) is 2.44.